The summed E-state index contributed by atoms with van der Waals surface area (Å²) in [5.41, 5.74) is 0. The molecule has 0 saturated carbocycles. The molecule has 0 atom stereocenters. The summed E-state index contributed by atoms with van der Waals surface area (Å²) < 4.78 is 0. The molecular weight excluding hydrogens is 265 g/mol. The first-order chi connectivity index (χ1) is 1.41. The molecular formula is CH3NPbS. The van der Waals surface area contributed by atoms with Crippen molar-refractivity contribution in [3.05, 3.63) is 0 Å². The van der Waals surface area contributed by atoms with Crippen molar-refractivity contribution in [3.8, 4) is 0 Å². The molecule has 1 N–H and O–H groups in total. The van der Waals surface area contributed by atoms with E-state index in [0.29, 0.717) is 0 Å². The number of thiocarbonyl (C=S) groups is 1. The van der Waals surface area contributed by atoms with Crippen molar-refractivity contribution in [2.24, 2.45) is 0 Å². The van der Waals surface area contributed by atoms with E-state index < -0.39 is 0 Å². The van der Waals surface area contributed by atoms with Crippen LogP contribution in [0.2, 0.25) is 0 Å². The van der Waals surface area contributed by atoms with Gasteiger partial charge in [-0.05, 0) is 12.2 Å². The Kier molecular flexibility index (Phi) is 20.5. The van der Waals surface area contributed by atoms with Gasteiger partial charge in [-0.3, -0.25) is 0 Å². The van der Waals surface area contributed by atoms with Gasteiger partial charge in [-0.1, -0.05) is 0 Å². The van der Waals surface area contributed by atoms with Crippen LogP contribution in [0.3, 0.4) is 0 Å². The van der Waals surface area contributed by atoms with Crippen LogP contribution in [0.25, 0.3) is 0 Å². The molecule has 4 heavy (non-hydrogen) atoms. The molecule has 2 radical (unpaired) electrons. The molecule has 0 amide bonds. The summed E-state index contributed by atoms with van der Waals surface area (Å²) in [6, 6.07) is 0. The summed E-state index contributed by atoms with van der Waals surface area (Å²) in [4.78, 5) is 0. The summed E-state index contributed by atoms with van der Waals surface area (Å²) >= 11 is 3.81. The van der Waals surface area contributed by atoms with Gasteiger partial charge < -0.3 is 0 Å². The van der Waals surface area contributed by atoms with Crippen LogP contribution in [-0.4, -0.2) is 32.5 Å². The predicted octanol–water partition coefficient (Wildman–Crippen LogP) is -0.248. The van der Waals surface area contributed by atoms with Crippen LogP contribution in [-0.2, 0) is 0 Å². The van der Waals surface area contributed by atoms with E-state index in [1.54, 1.807) is 5.16 Å². The predicted molar refractivity (Wildman–Crippen MR) is 23.9 cm³/mol. The first kappa shape index (κ1) is 8.83. The minimum absolute atomic E-state index is 0. The molecule has 0 fully saturated rings. The average molecular weight is 268 g/mol. The van der Waals surface area contributed by atoms with Crippen LogP contribution in [0.1, 0.15) is 0 Å². The second-order valence-corrected chi connectivity index (χ2v) is 0.306. The Hall–Kier alpha value is 0.722. The van der Waals surface area contributed by atoms with Gasteiger partial charge >= 0.3 is 27.3 Å². The Morgan fingerprint density at radius 1 is 1.75 bits per heavy atom. The second-order valence-electron chi connectivity index (χ2n) is 0.102. The van der Waals surface area contributed by atoms with Crippen molar-refractivity contribution in [2.45, 2.75) is 0 Å². The van der Waals surface area contributed by atoms with Gasteiger partial charge in [0.1, 0.15) is 0 Å². The molecule has 22 valence electrons. The van der Waals surface area contributed by atoms with Crippen LogP contribution in [0.5, 0.6) is 0 Å². The third-order valence-corrected chi connectivity index (χ3v) is 0. The van der Waals surface area contributed by atoms with Crippen LogP contribution in [0.4, 0.5) is 0 Å². The van der Waals surface area contributed by atoms with Crippen LogP contribution < -0.4 is 0 Å². The van der Waals surface area contributed by atoms with Gasteiger partial charge in [0, 0.05) is 0 Å². The van der Waals surface area contributed by atoms with Crippen LogP contribution >= 0.6 is 12.2 Å². The van der Waals surface area contributed by atoms with E-state index in [0.717, 1.165) is 0 Å². The first-order valence-corrected chi connectivity index (χ1v) is 0.862. The molecule has 0 aromatic heterocycles. The second kappa shape index (κ2) is 9.30. The zero-order valence-electron chi connectivity index (χ0n) is 2.12. The summed E-state index contributed by atoms with van der Waals surface area (Å²) in [6.45, 7) is 0. The monoisotopic (exact) mass is 269 g/mol. The van der Waals surface area contributed by atoms with E-state index in [-0.39, 0.29) is 27.3 Å². The third-order valence-electron chi connectivity index (χ3n) is 0. The first-order valence-electron chi connectivity index (χ1n) is 0.454. The van der Waals surface area contributed by atoms with Gasteiger partial charge in [-0.2, -0.15) is 0 Å². The molecule has 0 bridgehead atoms. The zero-order valence-corrected chi connectivity index (χ0v) is 8.43. The van der Waals surface area contributed by atoms with E-state index >= 15 is 0 Å². The van der Waals surface area contributed by atoms with Crippen molar-refractivity contribution in [2.75, 3.05) is 0 Å². The summed E-state index contributed by atoms with van der Waals surface area (Å²) in [7, 11) is 0. The van der Waals surface area contributed by atoms with Gasteiger partial charge in [-0.15, -0.1) is 0 Å². The van der Waals surface area contributed by atoms with E-state index in [4.69, 9.17) is 5.41 Å². The molecule has 0 heterocycles. The van der Waals surface area contributed by atoms with E-state index in [2.05, 4.69) is 12.2 Å². The molecule has 1 nitrogen and oxygen atoms in total. The van der Waals surface area contributed by atoms with Crippen molar-refractivity contribution < 1.29 is 0 Å². The fraction of sp³-hybridized carbons (Fsp3) is 0. The molecule has 0 aliphatic rings. The molecule has 0 aliphatic carbocycles. The van der Waals surface area contributed by atoms with Crippen molar-refractivity contribution in [3.63, 3.8) is 0 Å². The van der Waals surface area contributed by atoms with Gasteiger partial charge in [0.25, 0.3) is 0 Å². The van der Waals surface area contributed by atoms with Crippen molar-refractivity contribution in [1.29, 1.82) is 5.41 Å². The molecule has 0 rings (SSSR count). The quantitative estimate of drug-likeness (QED) is 0.366. The molecule has 0 aliphatic heterocycles. The van der Waals surface area contributed by atoms with E-state index in [9.17, 15) is 0 Å². The van der Waals surface area contributed by atoms with Crippen molar-refractivity contribution >= 4 is 44.7 Å². The number of nitrogens with one attached hydrogen (secondary N) is 1. The maximum atomic E-state index is 5.77. The topological polar surface area (TPSA) is 23.9 Å². The summed E-state index contributed by atoms with van der Waals surface area (Å²) in [5.74, 6) is 0. The maximum absolute atomic E-state index is 5.77. The number of hydrogen-bond acceptors (Lipinski definition) is 2. The molecule has 0 spiro atoms. The Labute approximate surface area is 50.1 Å². The standard InChI is InChI=1S/CHNS.Pb.2H/c2-1-3;;;/h2H;;;. The summed E-state index contributed by atoms with van der Waals surface area (Å²) in [5, 5.41) is 7.36. The van der Waals surface area contributed by atoms with Crippen LogP contribution in [0.15, 0.2) is 0 Å². The molecule has 3 heteroatoms. The molecule has 0 aromatic carbocycles. The minimum atomic E-state index is 0. The molecule has 0 aromatic rings. The van der Waals surface area contributed by atoms with E-state index in [1.807, 2.05) is 0 Å². The zero-order chi connectivity index (χ0) is 2.71. The number of rotatable bonds is 0. The molecule has 0 saturated heterocycles. The number of isothiocyanates is 1. The Balaban J connectivity index is 0. The third kappa shape index (κ3) is 15.5. The normalized spacial score (nSPS) is 2.00. The molecule has 0 unspecified atom stereocenters. The van der Waals surface area contributed by atoms with Gasteiger partial charge in [0.15, 0.2) is 0 Å². The van der Waals surface area contributed by atoms with Crippen LogP contribution in [0, 0.1) is 5.41 Å². The Bertz CT molecular complexity index is 29.0. The van der Waals surface area contributed by atoms with Gasteiger partial charge in [-0.25, -0.2) is 5.41 Å². The van der Waals surface area contributed by atoms with E-state index in [1.165, 1.54) is 0 Å². The Morgan fingerprint density at radius 3 is 1.75 bits per heavy atom. The fourth-order valence-corrected chi connectivity index (χ4v) is 0. The SMILES string of the molecule is N=C=S.[PbH2]. The average Bonchev–Trinajstić information content (AvgIpc) is 0.918. The summed E-state index contributed by atoms with van der Waals surface area (Å²) in [6.07, 6.45) is 0. The Morgan fingerprint density at radius 2 is 1.75 bits per heavy atom. The van der Waals surface area contributed by atoms with Crippen molar-refractivity contribution in [1.82, 2.24) is 0 Å². The fourth-order valence-electron chi connectivity index (χ4n) is 0. The van der Waals surface area contributed by atoms with Gasteiger partial charge in [0.2, 0.25) is 0 Å². The number of hydrogen-bond donors (Lipinski definition) is 1. The van der Waals surface area contributed by atoms with Gasteiger partial charge in [0.05, 0.1) is 5.16 Å².